The van der Waals surface area contributed by atoms with Crippen molar-refractivity contribution in [2.75, 3.05) is 0 Å². The van der Waals surface area contributed by atoms with E-state index in [4.69, 9.17) is 10.5 Å². The minimum atomic E-state index is -0.448. The Morgan fingerprint density at radius 3 is 2.12 bits per heavy atom. The molecule has 0 aromatic carbocycles. The lowest BCUT2D eigenvalue weighted by atomic mass is 9.70. The van der Waals surface area contributed by atoms with Gasteiger partial charge in [0.2, 0.25) is 0 Å². The topological polar surface area (TPSA) is 64.3 Å². The number of nitrogens with one attached hydrogen (secondary N) is 1. The van der Waals surface area contributed by atoms with Crippen LogP contribution < -0.4 is 11.1 Å². The number of alkyl carbamates (subject to hydrolysis) is 1. The third-order valence-electron chi connectivity index (χ3n) is 3.02. The molecule has 3 N–H and O–H groups in total. The molecule has 0 aromatic heterocycles. The maximum atomic E-state index is 11.6. The van der Waals surface area contributed by atoms with Crippen LogP contribution in [0.1, 0.15) is 47.5 Å². The van der Waals surface area contributed by atoms with Crippen LogP contribution in [-0.4, -0.2) is 23.3 Å². The van der Waals surface area contributed by atoms with Gasteiger partial charge in [0.1, 0.15) is 5.60 Å². The minimum Gasteiger partial charge on any atom is -0.444 e. The van der Waals surface area contributed by atoms with Gasteiger partial charge in [0.15, 0.2) is 0 Å². The lowest BCUT2D eigenvalue weighted by molar-refractivity contribution is 0.0375. The Morgan fingerprint density at radius 2 is 1.75 bits per heavy atom. The first-order valence-electron chi connectivity index (χ1n) is 5.87. The molecule has 4 heteroatoms. The highest BCUT2D eigenvalue weighted by atomic mass is 16.6. The smallest absolute Gasteiger partial charge is 0.408 e. The minimum absolute atomic E-state index is 0.238. The lowest BCUT2D eigenvalue weighted by Gasteiger charge is -2.44. The molecule has 1 aliphatic carbocycles. The van der Waals surface area contributed by atoms with Gasteiger partial charge in [0.05, 0.1) is 0 Å². The molecule has 0 heterocycles. The van der Waals surface area contributed by atoms with Gasteiger partial charge >= 0.3 is 6.09 Å². The molecule has 0 radical (unpaired) electrons. The largest absolute Gasteiger partial charge is 0.444 e. The molecular weight excluding hydrogens is 204 g/mol. The van der Waals surface area contributed by atoms with E-state index >= 15 is 0 Å². The number of carbonyl (C=O) groups is 1. The van der Waals surface area contributed by atoms with Crippen LogP contribution >= 0.6 is 0 Å². The van der Waals surface area contributed by atoms with Crippen LogP contribution in [0.5, 0.6) is 0 Å². The molecule has 94 valence electrons. The van der Waals surface area contributed by atoms with Crippen LogP contribution in [0, 0.1) is 5.92 Å². The molecule has 0 unspecified atom stereocenters. The van der Waals surface area contributed by atoms with E-state index < -0.39 is 5.60 Å². The first kappa shape index (κ1) is 13.3. The average molecular weight is 228 g/mol. The molecule has 0 spiro atoms. The van der Waals surface area contributed by atoms with E-state index in [0.29, 0.717) is 12.0 Å². The second kappa shape index (κ2) is 4.24. The van der Waals surface area contributed by atoms with E-state index in [0.717, 1.165) is 12.8 Å². The predicted octanol–water partition coefficient (Wildman–Crippen LogP) is 2.03. The first-order valence-corrected chi connectivity index (χ1v) is 5.87. The Morgan fingerprint density at radius 1 is 1.25 bits per heavy atom. The summed E-state index contributed by atoms with van der Waals surface area (Å²) in [5.74, 6) is 0.454. The quantitative estimate of drug-likeness (QED) is 0.760. The maximum Gasteiger partial charge on any atom is 0.408 e. The highest BCUT2D eigenvalue weighted by Gasteiger charge is 2.39. The summed E-state index contributed by atoms with van der Waals surface area (Å²) in [5.41, 5.74) is 5.07. The maximum absolute atomic E-state index is 11.6. The fraction of sp³-hybridized carbons (Fsp3) is 0.917. The molecule has 0 bridgehead atoms. The predicted molar refractivity (Wildman–Crippen MR) is 64.1 cm³/mol. The Kier molecular flexibility index (Phi) is 3.53. The Labute approximate surface area is 97.9 Å². The fourth-order valence-corrected chi connectivity index (χ4v) is 1.92. The second-order valence-electron chi connectivity index (χ2n) is 6.28. The molecule has 1 rings (SSSR count). The van der Waals surface area contributed by atoms with Gasteiger partial charge in [0.25, 0.3) is 0 Å². The van der Waals surface area contributed by atoms with E-state index in [-0.39, 0.29) is 11.6 Å². The molecule has 1 aliphatic rings. The summed E-state index contributed by atoms with van der Waals surface area (Å²) >= 11 is 0. The molecule has 0 saturated heterocycles. The highest BCUT2D eigenvalue weighted by molar-refractivity contribution is 5.68. The summed E-state index contributed by atoms with van der Waals surface area (Å²) < 4.78 is 5.24. The van der Waals surface area contributed by atoms with Crippen molar-refractivity contribution in [2.24, 2.45) is 11.7 Å². The monoisotopic (exact) mass is 228 g/mol. The molecule has 4 nitrogen and oxygen atoms in total. The van der Waals surface area contributed by atoms with Crippen LogP contribution in [0.4, 0.5) is 4.79 Å². The van der Waals surface area contributed by atoms with Gasteiger partial charge in [-0.1, -0.05) is 0 Å². The Hall–Kier alpha value is -0.770. The Balaban J connectivity index is 2.43. The summed E-state index contributed by atoms with van der Waals surface area (Å²) in [6.45, 7) is 9.62. The summed E-state index contributed by atoms with van der Waals surface area (Å²) in [5, 5.41) is 2.92. The lowest BCUT2D eigenvalue weighted by Crippen LogP contribution is -2.56. The van der Waals surface area contributed by atoms with Gasteiger partial charge in [-0.15, -0.1) is 0 Å². The number of rotatable bonds is 2. The molecule has 0 aliphatic heterocycles. The number of ether oxygens (including phenoxy) is 1. The molecule has 1 saturated carbocycles. The van der Waals surface area contributed by atoms with Crippen molar-refractivity contribution in [1.29, 1.82) is 0 Å². The van der Waals surface area contributed by atoms with Crippen molar-refractivity contribution < 1.29 is 9.53 Å². The normalized spacial score (nSPS) is 25.9. The van der Waals surface area contributed by atoms with Crippen molar-refractivity contribution in [3.05, 3.63) is 0 Å². The summed E-state index contributed by atoms with van der Waals surface area (Å²) in [6, 6.07) is 0.296. The number of carbonyl (C=O) groups excluding carboxylic acids is 1. The van der Waals surface area contributed by atoms with E-state index in [1.807, 2.05) is 34.6 Å². The zero-order valence-electron chi connectivity index (χ0n) is 11.0. The molecule has 0 atom stereocenters. The van der Waals surface area contributed by atoms with Crippen LogP contribution in [0.3, 0.4) is 0 Å². The standard InChI is InChI=1S/C12H24N2O2/c1-11(2,3)16-10(15)14-12(4,5)8-6-9(13)7-8/h8-9H,6-7,13H2,1-5H3,(H,14,15). The third-order valence-corrected chi connectivity index (χ3v) is 3.02. The van der Waals surface area contributed by atoms with Gasteiger partial charge in [-0.3, -0.25) is 0 Å². The van der Waals surface area contributed by atoms with Gasteiger partial charge < -0.3 is 15.8 Å². The molecular formula is C12H24N2O2. The fourth-order valence-electron chi connectivity index (χ4n) is 1.92. The van der Waals surface area contributed by atoms with Crippen LogP contribution in [0.25, 0.3) is 0 Å². The van der Waals surface area contributed by atoms with Crippen molar-refractivity contribution in [1.82, 2.24) is 5.32 Å². The number of hydrogen-bond acceptors (Lipinski definition) is 3. The molecule has 1 amide bonds. The van der Waals surface area contributed by atoms with E-state index in [9.17, 15) is 4.79 Å². The molecule has 0 aromatic rings. The van der Waals surface area contributed by atoms with Gasteiger partial charge in [-0.05, 0) is 53.4 Å². The summed E-state index contributed by atoms with van der Waals surface area (Å²) in [6.07, 6.45) is 1.60. The van der Waals surface area contributed by atoms with Crippen molar-refractivity contribution in [3.63, 3.8) is 0 Å². The zero-order chi connectivity index (χ0) is 12.6. The third kappa shape index (κ3) is 3.67. The second-order valence-corrected chi connectivity index (χ2v) is 6.28. The van der Waals surface area contributed by atoms with E-state index in [1.54, 1.807) is 0 Å². The highest BCUT2D eigenvalue weighted by Crippen LogP contribution is 2.35. The van der Waals surface area contributed by atoms with Crippen LogP contribution in [0.2, 0.25) is 0 Å². The first-order chi connectivity index (χ1) is 7.10. The Bertz CT molecular complexity index is 263. The van der Waals surface area contributed by atoms with Crippen molar-refractivity contribution >= 4 is 6.09 Å². The molecule has 1 fully saturated rings. The number of hydrogen-bond donors (Lipinski definition) is 2. The average Bonchev–Trinajstić information content (AvgIpc) is 1.92. The van der Waals surface area contributed by atoms with Crippen molar-refractivity contribution in [3.8, 4) is 0 Å². The van der Waals surface area contributed by atoms with Crippen LogP contribution in [0.15, 0.2) is 0 Å². The number of nitrogens with two attached hydrogens (primary N) is 1. The molecule has 16 heavy (non-hydrogen) atoms. The number of amides is 1. The van der Waals surface area contributed by atoms with E-state index in [1.165, 1.54) is 0 Å². The SMILES string of the molecule is CC(C)(C)OC(=O)NC(C)(C)C1CC(N)C1. The summed E-state index contributed by atoms with van der Waals surface area (Å²) in [4.78, 5) is 11.6. The van der Waals surface area contributed by atoms with Gasteiger partial charge in [-0.25, -0.2) is 4.79 Å². The van der Waals surface area contributed by atoms with Crippen LogP contribution in [-0.2, 0) is 4.74 Å². The zero-order valence-corrected chi connectivity index (χ0v) is 11.0. The van der Waals surface area contributed by atoms with Gasteiger partial charge in [0, 0.05) is 11.6 Å². The van der Waals surface area contributed by atoms with E-state index in [2.05, 4.69) is 5.32 Å². The van der Waals surface area contributed by atoms with Gasteiger partial charge in [-0.2, -0.15) is 0 Å². The van der Waals surface area contributed by atoms with Crippen molar-refractivity contribution in [2.45, 2.75) is 64.6 Å². The summed E-state index contributed by atoms with van der Waals surface area (Å²) in [7, 11) is 0.